The van der Waals surface area contributed by atoms with Crippen molar-refractivity contribution in [3.8, 4) is 5.88 Å². The minimum absolute atomic E-state index is 0.00481. The van der Waals surface area contributed by atoms with Gasteiger partial charge in [0.05, 0.1) is 30.4 Å². The van der Waals surface area contributed by atoms with Gasteiger partial charge in [-0.3, -0.25) is 4.79 Å². The van der Waals surface area contributed by atoms with E-state index in [1.165, 1.54) is 0 Å². The molecular formula is C17H29N3O3. The third kappa shape index (κ3) is 3.86. The Bertz CT molecular complexity index is 539. The first-order valence-corrected chi connectivity index (χ1v) is 8.47. The average molecular weight is 323 g/mol. The molecule has 1 fully saturated rings. The third-order valence-corrected chi connectivity index (χ3v) is 4.50. The van der Waals surface area contributed by atoms with Crippen LogP contribution in [0.3, 0.4) is 0 Å². The van der Waals surface area contributed by atoms with Crippen molar-refractivity contribution in [3.63, 3.8) is 0 Å². The van der Waals surface area contributed by atoms with Crippen LogP contribution in [-0.2, 0) is 29.5 Å². The van der Waals surface area contributed by atoms with Crippen LogP contribution in [0.15, 0.2) is 0 Å². The molecule has 0 radical (unpaired) electrons. The number of rotatable bonds is 6. The summed E-state index contributed by atoms with van der Waals surface area (Å²) in [6.45, 7) is 7.46. The summed E-state index contributed by atoms with van der Waals surface area (Å²) in [6, 6.07) is 0. The van der Waals surface area contributed by atoms with Crippen LogP contribution < -0.4 is 10.1 Å². The number of amides is 1. The van der Waals surface area contributed by atoms with E-state index in [4.69, 9.17) is 9.47 Å². The highest BCUT2D eigenvalue weighted by Crippen LogP contribution is 2.27. The Morgan fingerprint density at radius 3 is 2.87 bits per heavy atom. The van der Waals surface area contributed by atoms with Crippen LogP contribution in [-0.4, -0.2) is 35.5 Å². The van der Waals surface area contributed by atoms with Crippen LogP contribution in [0.2, 0.25) is 0 Å². The van der Waals surface area contributed by atoms with Crippen molar-refractivity contribution in [1.82, 2.24) is 15.1 Å². The summed E-state index contributed by atoms with van der Waals surface area (Å²) >= 11 is 0. The number of ether oxygens (including phenoxy) is 2. The number of aromatic nitrogens is 2. The number of nitrogens with zero attached hydrogens (tertiary/aromatic N) is 2. The van der Waals surface area contributed by atoms with Gasteiger partial charge in [0.25, 0.3) is 0 Å². The fourth-order valence-electron chi connectivity index (χ4n) is 3.37. The minimum atomic E-state index is -0.0727. The number of methoxy groups -OCH3 is 1. The highest BCUT2D eigenvalue weighted by Gasteiger charge is 2.34. The lowest BCUT2D eigenvalue weighted by molar-refractivity contribution is -0.137. The molecule has 1 saturated heterocycles. The standard InChI is InChI=1S/C17H29N3O3/c1-6-14-13(17(22-5)20(4)19-14)10-18-16(21)12-8-7-9-23-15(12)11(2)3/h11-12,15H,6-10H2,1-5H3,(H,18,21)/t12-,15-/m0/s1. The Hall–Kier alpha value is -1.56. The lowest BCUT2D eigenvalue weighted by Gasteiger charge is -2.33. The molecule has 1 aliphatic rings. The Kier molecular flexibility index (Phi) is 6.04. The first-order valence-electron chi connectivity index (χ1n) is 8.47. The summed E-state index contributed by atoms with van der Waals surface area (Å²) in [6.07, 6.45) is 2.64. The smallest absolute Gasteiger partial charge is 0.226 e. The van der Waals surface area contributed by atoms with E-state index in [1.807, 2.05) is 7.05 Å². The SMILES string of the molecule is CCc1nn(C)c(OC)c1CNC(=O)[C@H]1CCCO[C@H]1C(C)C. The maximum Gasteiger partial charge on any atom is 0.226 e. The van der Waals surface area contributed by atoms with Gasteiger partial charge in [0, 0.05) is 20.2 Å². The molecule has 1 N–H and O–H groups in total. The fourth-order valence-corrected chi connectivity index (χ4v) is 3.37. The van der Waals surface area contributed by atoms with E-state index in [2.05, 4.69) is 31.2 Å². The molecule has 0 saturated carbocycles. The third-order valence-electron chi connectivity index (χ3n) is 4.50. The summed E-state index contributed by atoms with van der Waals surface area (Å²) in [5, 5.41) is 7.51. The van der Waals surface area contributed by atoms with Crippen LogP contribution in [0.4, 0.5) is 0 Å². The monoisotopic (exact) mass is 323 g/mol. The highest BCUT2D eigenvalue weighted by molar-refractivity contribution is 5.79. The van der Waals surface area contributed by atoms with Gasteiger partial charge in [-0.05, 0) is 25.2 Å². The number of aryl methyl sites for hydroxylation is 2. The molecular weight excluding hydrogens is 294 g/mol. The number of hydrogen-bond acceptors (Lipinski definition) is 4. The molecule has 6 nitrogen and oxygen atoms in total. The molecule has 6 heteroatoms. The molecule has 0 spiro atoms. The lowest BCUT2D eigenvalue weighted by atomic mass is 9.87. The maximum atomic E-state index is 12.6. The summed E-state index contributed by atoms with van der Waals surface area (Å²) in [4.78, 5) is 12.6. The van der Waals surface area contributed by atoms with E-state index in [0.29, 0.717) is 18.3 Å². The Balaban J connectivity index is 2.06. The van der Waals surface area contributed by atoms with Crippen molar-refractivity contribution >= 4 is 5.91 Å². The average Bonchev–Trinajstić information content (AvgIpc) is 2.87. The van der Waals surface area contributed by atoms with Gasteiger partial charge in [0.15, 0.2) is 0 Å². The zero-order valence-corrected chi connectivity index (χ0v) is 14.9. The largest absolute Gasteiger partial charge is 0.481 e. The van der Waals surface area contributed by atoms with Crippen molar-refractivity contribution < 1.29 is 14.3 Å². The van der Waals surface area contributed by atoms with Crippen LogP contribution in [0.5, 0.6) is 5.88 Å². The van der Waals surface area contributed by atoms with Crippen molar-refractivity contribution in [3.05, 3.63) is 11.3 Å². The second kappa shape index (κ2) is 7.81. The summed E-state index contributed by atoms with van der Waals surface area (Å²) in [7, 11) is 3.48. The zero-order chi connectivity index (χ0) is 17.0. The molecule has 1 amide bonds. The minimum Gasteiger partial charge on any atom is -0.481 e. The van der Waals surface area contributed by atoms with Crippen molar-refractivity contribution in [2.24, 2.45) is 18.9 Å². The molecule has 2 rings (SSSR count). The van der Waals surface area contributed by atoms with Gasteiger partial charge < -0.3 is 14.8 Å². The van der Waals surface area contributed by atoms with E-state index in [-0.39, 0.29) is 17.9 Å². The predicted octanol–water partition coefficient (Wildman–Crippen LogP) is 2.06. The van der Waals surface area contributed by atoms with Crippen molar-refractivity contribution in [2.75, 3.05) is 13.7 Å². The number of carbonyl (C=O) groups excluding carboxylic acids is 1. The van der Waals surface area contributed by atoms with Gasteiger partial charge in [-0.1, -0.05) is 20.8 Å². The van der Waals surface area contributed by atoms with Crippen LogP contribution in [0.25, 0.3) is 0 Å². The van der Waals surface area contributed by atoms with Gasteiger partial charge in [-0.25, -0.2) is 4.68 Å². The van der Waals surface area contributed by atoms with E-state index >= 15 is 0 Å². The maximum absolute atomic E-state index is 12.6. The Morgan fingerprint density at radius 2 is 2.26 bits per heavy atom. The number of carbonyl (C=O) groups is 1. The first-order chi connectivity index (χ1) is 11.0. The zero-order valence-electron chi connectivity index (χ0n) is 14.9. The second-order valence-corrected chi connectivity index (χ2v) is 6.46. The van der Waals surface area contributed by atoms with E-state index in [1.54, 1.807) is 11.8 Å². The quantitative estimate of drug-likeness (QED) is 0.870. The predicted molar refractivity (Wildman–Crippen MR) is 88.3 cm³/mol. The summed E-state index contributed by atoms with van der Waals surface area (Å²) in [5.74, 6) is 1.04. The van der Waals surface area contributed by atoms with E-state index in [9.17, 15) is 4.79 Å². The van der Waals surface area contributed by atoms with Gasteiger partial charge in [-0.15, -0.1) is 0 Å². The molecule has 23 heavy (non-hydrogen) atoms. The van der Waals surface area contributed by atoms with Gasteiger partial charge in [0.2, 0.25) is 11.8 Å². The molecule has 2 atom stereocenters. The van der Waals surface area contributed by atoms with Gasteiger partial charge in [-0.2, -0.15) is 5.10 Å². The molecule has 0 unspecified atom stereocenters. The lowest BCUT2D eigenvalue weighted by Crippen LogP contribution is -2.43. The molecule has 130 valence electrons. The van der Waals surface area contributed by atoms with Crippen molar-refractivity contribution in [2.45, 2.75) is 52.7 Å². The Morgan fingerprint density at radius 1 is 1.52 bits per heavy atom. The molecule has 0 aromatic carbocycles. The highest BCUT2D eigenvalue weighted by atomic mass is 16.5. The second-order valence-electron chi connectivity index (χ2n) is 6.46. The topological polar surface area (TPSA) is 65.4 Å². The van der Waals surface area contributed by atoms with Crippen LogP contribution in [0.1, 0.15) is 44.9 Å². The molecule has 0 aliphatic carbocycles. The molecule has 2 heterocycles. The van der Waals surface area contributed by atoms with Crippen LogP contribution in [0, 0.1) is 11.8 Å². The molecule has 1 aromatic rings. The van der Waals surface area contributed by atoms with E-state index < -0.39 is 0 Å². The van der Waals surface area contributed by atoms with E-state index in [0.717, 1.165) is 37.1 Å². The summed E-state index contributed by atoms with van der Waals surface area (Å²) < 4.78 is 13.0. The molecule has 0 bridgehead atoms. The van der Waals surface area contributed by atoms with Gasteiger partial charge in [0.1, 0.15) is 0 Å². The molecule has 1 aliphatic heterocycles. The van der Waals surface area contributed by atoms with Gasteiger partial charge >= 0.3 is 0 Å². The first kappa shape index (κ1) is 17.8. The summed E-state index contributed by atoms with van der Waals surface area (Å²) in [5.41, 5.74) is 1.92. The molecule has 1 aromatic heterocycles. The Labute approximate surface area is 138 Å². The normalized spacial score (nSPS) is 21.5. The van der Waals surface area contributed by atoms with Crippen LogP contribution >= 0.6 is 0 Å². The fraction of sp³-hybridized carbons (Fsp3) is 0.765. The number of hydrogen-bond donors (Lipinski definition) is 1. The number of nitrogens with one attached hydrogen (secondary N) is 1. The van der Waals surface area contributed by atoms with Crippen molar-refractivity contribution in [1.29, 1.82) is 0 Å².